The quantitative estimate of drug-likeness (QED) is 0.284. The van der Waals surface area contributed by atoms with Gasteiger partial charge in [-0.2, -0.15) is 0 Å². The van der Waals surface area contributed by atoms with E-state index >= 15 is 0 Å². The third kappa shape index (κ3) is 2.47. The van der Waals surface area contributed by atoms with E-state index in [0.29, 0.717) is 0 Å². The summed E-state index contributed by atoms with van der Waals surface area (Å²) < 4.78 is 12.8. The summed E-state index contributed by atoms with van der Waals surface area (Å²) in [6, 6.07) is 37.8. The van der Waals surface area contributed by atoms with Crippen LogP contribution in [0.3, 0.4) is 0 Å². The van der Waals surface area contributed by atoms with Crippen LogP contribution in [0.5, 0.6) is 0 Å². The summed E-state index contributed by atoms with van der Waals surface area (Å²) in [6.07, 6.45) is 0. The summed E-state index contributed by atoms with van der Waals surface area (Å²) in [5, 5.41) is 4.36. The first-order chi connectivity index (χ1) is 15.9. The zero-order chi connectivity index (χ0) is 21.1. The summed E-state index contributed by atoms with van der Waals surface area (Å²) in [4.78, 5) is 0. The van der Waals surface area contributed by atoms with Gasteiger partial charge >= 0.3 is 0 Å². The normalized spacial score (nSPS) is 11.8. The van der Waals surface area contributed by atoms with Crippen LogP contribution in [-0.2, 0) is 0 Å². The Kier molecular flexibility index (Phi) is 3.58. The molecule has 0 spiro atoms. The van der Waals surface area contributed by atoms with E-state index in [4.69, 9.17) is 8.83 Å². The van der Waals surface area contributed by atoms with Crippen molar-refractivity contribution in [3.8, 4) is 22.3 Å². The van der Waals surface area contributed by atoms with E-state index in [1.807, 2.05) is 30.3 Å². The van der Waals surface area contributed by atoms with E-state index in [1.165, 1.54) is 11.1 Å². The predicted octanol–water partition coefficient (Wildman–Crippen LogP) is 8.82. The molecule has 0 saturated heterocycles. The zero-order valence-electron chi connectivity index (χ0n) is 17.2. The average Bonchev–Trinajstić information content (AvgIpc) is 3.43. The molecule has 2 heteroatoms. The smallest absolute Gasteiger partial charge is 0.178 e. The molecule has 7 aromatic rings. The molecule has 2 aromatic heterocycles. The molecule has 0 saturated carbocycles. The van der Waals surface area contributed by atoms with Crippen LogP contribution in [-0.4, -0.2) is 0 Å². The van der Waals surface area contributed by atoms with E-state index in [9.17, 15) is 0 Å². The third-order valence-electron chi connectivity index (χ3n) is 6.28. The maximum absolute atomic E-state index is 6.58. The van der Waals surface area contributed by atoms with Crippen molar-refractivity contribution in [3.63, 3.8) is 0 Å². The van der Waals surface area contributed by atoms with Gasteiger partial charge in [0.05, 0.1) is 0 Å². The molecule has 7 rings (SSSR count). The molecular weight excluding hydrogens is 392 g/mol. The van der Waals surface area contributed by atoms with Crippen molar-refractivity contribution >= 4 is 43.9 Å². The summed E-state index contributed by atoms with van der Waals surface area (Å²) in [5.74, 6) is 0. The maximum Gasteiger partial charge on any atom is 0.178 e. The molecule has 0 radical (unpaired) electrons. The highest BCUT2D eigenvalue weighted by Crippen LogP contribution is 2.43. The molecule has 0 fully saturated rings. The van der Waals surface area contributed by atoms with Gasteiger partial charge in [0, 0.05) is 27.1 Å². The highest BCUT2D eigenvalue weighted by atomic mass is 16.4. The SMILES string of the molecule is c1ccc(-c2cc(-c3ccccc3)c3oc4c(ccc5c6ccccc6oc54)c3c2)cc1. The van der Waals surface area contributed by atoms with Crippen molar-refractivity contribution in [2.75, 3.05) is 0 Å². The molecule has 0 aliphatic carbocycles. The summed E-state index contributed by atoms with van der Waals surface area (Å²) in [7, 11) is 0. The van der Waals surface area contributed by atoms with Crippen LogP contribution in [0, 0.1) is 0 Å². The molecular formula is C30H18O2. The molecule has 2 heterocycles. The summed E-state index contributed by atoms with van der Waals surface area (Å²) in [6.45, 7) is 0. The van der Waals surface area contributed by atoms with Gasteiger partial charge in [0.15, 0.2) is 11.2 Å². The van der Waals surface area contributed by atoms with Gasteiger partial charge in [-0.3, -0.25) is 0 Å². The predicted molar refractivity (Wildman–Crippen MR) is 132 cm³/mol. The van der Waals surface area contributed by atoms with E-state index in [2.05, 4.69) is 78.9 Å². The first-order valence-corrected chi connectivity index (χ1v) is 10.8. The molecule has 0 aliphatic heterocycles. The second-order valence-corrected chi connectivity index (χ2v) is 8.15. The fourth-order valence-electron chi connectivity index (χ4n) is 4.75. The zero-order valence-corrected chi connectivity index (χ0v) is 17.2. The number of hydrogen-bond acceptors (Lipinski definition) is 2. The lowest BCUT2D eigenvalue weighted by Gasteiger charge is -2.08. The Morgan fingerprint density at radius 3 is 1.78 bits per heavy atom. The fraction of sp³-hybridized carbons (Fsp3) is 0. The molecule has 2 nitrogen and oxygen atoms in total. The van der Waals surface area contributed by atoms with Gasteiger partial charge in [0.25, 0.3) is 0 Å². The van der Waals surface area contributed by atoms with E-state index in [1.54, 1.807) is 0 Å². The molecule has 0 bridgehead atoms. The Hall–Kier alpha value is -4.30. The highest BCUT2D eigenvalue weighted by Gasteiger charge is 2.19. The van der Waals surface area contributed by atoms with E-state index in [-0.39, 0.29) is 0 Å². The first-order valence-electron chi connectivity index (χ1n) is 10.8. The lowest BCUT2D eigenvalue weighted by Crippen LogP contribution is -1.83. The Bertz CT molecular complexity index is 1750. The monoisotopic (exact) mass is 410 g/mol. The molecule has 0 amide bonds. The van der Waals surface area contributed by atoms with Crippen LogP contribution in [0.15, 0.2) is 118 Å². The van der Waals surface area contributed by atoms with Gasteiger partial charge < -0.3 is 8.83 Å². The minimum Gasteiger partial charge on any atom is -0.452 e. The van der Waals surface area contributed by atoms with Crippen molar-refractivity contribution in [2.24, 2.45) is 0 Å². The van der Waals surface area contributed by atoms with Crippen molar-refractivity contribution in [1.82, 2.24) is 0 Å². The second-order valence-electron chi connectivity index (χ2n) is 8.15. The second kappa shape index (κ2) is 6.60. The molecule has 0 aliphatic rings. The molecule has 0 atom stereocenters. The summed E-state index contributed by atoms with van der Waals surface area (Å²) >= 11 is 0. The van der Waals surface area contributed by atoms with Gasteiger partial charge in [-0.1, -0.05) is 78.9 Å². The van der Waals surface area contributed by atoms with Gasteiger partial charge in [0.1, 0.15) is 11.2 Å². The number of fused-ring (bicyclic) bond motifs is 7. The molecule has 5 aromatic carbocycles. The van der Waals surface area contributed by atoms with Crippen molar-refractivity contribution < 1.29 is 8.83 Å². The minimum absolute atomic E-state index is 0.802. The standard InChI is InChI=1S/C30H18O2/c1-3-9-19(10-4-1)21-17-25(20-11-5-2-6-12-20)28-26(18-21)24-16-15-23-22-13-7-8-14-27(22)31-29(23)30(24)32-28/h1-18H. The fourth-order valence-corrected chi connectivity index (χ4v) is 4.75. The largest absolute Gasteiger partial charge is 0.452 e. The Labute approximate surface area is 184 Å². The van der Waals surface area contributed by atoms with Crippen LogP contribution < -0.4 is 0 Å². The van der Waals surface area contributed by atoms with Crippen LogP contribution in [0.4, 0.5) is 0 Å². The van der Waals surface area contributed by atoms with Crippen LogP contribution in [0.2, 0.25) is 0 Å². The number of hydrogen-bond donors (Lipinski definition) is 0. The number of benzene rings is 5. The highest BCUT2D eigenvalue weighted by molar-refractivity contribution is 6.20. The molecule has 0 N–H and O–H groups in total. The number of rotatable bonds is 2. The van der Waals surface area contributed by atoms with Crippen LogP contribution in [0.1, 0.15) is 0 Å². The Balaban J connectivity index is 1.63. The van der Waals surface area contributed by atoms with Crippen LogP contribution >= 0.6 is 0 Å². The molecule has 0 unspecified atom stereocenters. The lowest BCUT2D eigenvalue weighted by atomic mass is 9.96. The van der Waals surface area contributed by atoms with Gasteiger partial charge in [-0.15, -0.1) is 0 Å². The average molecular weight is 410 g/mol. The number of para-hydroxylation sites is 1. The maximum atomic E-state index is 6.58. The Morgan fingerprint density at radius 1 is 0.375 bits per heavy atom. The topological polar surface area (TPSA) is 26.3 Å². The van der Waals surface area contributed by atoms with E-state index < -0.39 is 0 Å². The van der Waals surface area contributed by atoms with Gasteiger partial charge in [-0.25, -0.2) is 0 Å². The first kappa shape index (κ1) is 17.4. The van der Waals surface area contributed by atoms with Crippen molar-refractivity contribution in [1.29, 1.82) is 0 Å². The van der Waals surface area contributed by atoms with Crippen molar-refractivity contribution in [2.45, 2.75) is 0 Å². The van der Waals surface area contributed by atoms with Gasteiger partial charge in [0.2, 0.25) is 0 Å². The van der Waals surface area contributed by atoms with E-state index in [0.717, 1.165) is 55.0 Å². The molecule has 32 heavy (non-hydrogen) atoms. The summed E-state index contributed by atoms with van der Waals surface area (Å²) in [5.41, 5.74) is 7.95. The number of furan rings is 2. The van der Waals surface area contributed by atoms with Crippen LogP contribution in [0.25, 0.3) is 66.1 Å². The van der Waals surface area contributed by atoms with Gasteiger partial charge in [-0.05, 0) is 47.0 Å². The molecule has 150 valence electrons. The lowest BCUT2D eigenvalue weighted by molar-refractivity contribution is 0.634. The Morgan fingerprint density at radius 2 is 1.00 bits per heavy atom. The third-order valence-corrected chi connectivity index (χ3v) is 6.28. The van der Waals surface area contributed by atoms with Crippen molar-refractivity contribution in [3.05, 3.63) is 109 Å². The minimum atomic E-state index is 0.802.